The van der Waals surface area contributed by atoms with E-state index in [2.05, 4.69) is 45.9 Å². The highest BCUT2D eigenvalue weighted by atomic mass is 16.1. The first-order valence-electron chi connectivity index (χ1n) is 12.6. The molecule has 2 unspecified atom stereocenters. The summed E-state index contributed by atoms with van der Waals surface area (Å²) in [5.41, 5.74) is 3.24. The van der Waals surface area contributed by atoms with Crippen molar-refractivity contribution in [2.75, 3.05) is 0 Å². The fourth-order valence-corrected chi connectivity index (χ4v) is 5.69. The van der Waals surface area contributed by atoms with Crippen molar-refractivity contribution in [2.45, 2.75) is 47.0 Å². The van der Waals surface area contributed by atoms with Crippen LogP contribution in [0.3, 0.4) is 0 Å². The zero-order chi connectivity index (χ0) is 26.0. The normalized spacial score (nSPS) is 24.8. The summed E-state index contributed by atoms with van der Waals surface area (Å²) >= 11 is 0. The van der Waals surface area contributed by atoms with Crippen LogP contribution < -0.4 is 0 Å². The first-order chi connectivity index (χ1) is 17.1. The van der Waals surface area contributed by atoms with E-state index >= 15 is 0 Å². The second kappa shape index (κ2) is 9.81. The molecule has 2 saturated carbocycles. The molecule has 3 heteroatoms. The average Bonchev–Trinajstić information content (AvgIpc) is 3.15. The number of fused-ring (bicyclic) bond motifs is 2. The summed E-state index contributed by atoms with van der Waals surface area (Å²) in [4.78, 5) is 36.5. The molecule has 184 valence electrons. The Labute approximate surface area is 214 Å². The minimum Gasteiger partial charge on any atom is -0.294 e. The zero-order valence-corrected chi connectivity index (χ0v) is 21.6. The number of carbonyl (C=O) groups is 3. The molecule has 3 aromatic carbocycles. The monoisotopic (exact) mass is 478 g/mol. The van der Waals surface area contributed by atoms with E-state index in [1.165, 1.54) is 0 Å². The highest BCUT2D eigenvalue weighted by molar-refractivity contribution is 6.13. The molecule has 0 saturated heterocycles. The molecule has 0 heterocycles. The number of hydrogen-bond donors (Lipinski definition) is 0. The van der Waals surface area contributed by atoms with Crippen molar-refractivity contribution in [2.24, 2.45) is 16.2 Å². The average molecular weight is 479 g/mol. The predicted octanol–water partition coefficient (Wildman–Crippen LogP) is 7.63. The lowest BCUT2D eigenvalue weighted by Gasteiger charge is -2.37. The SMILES string of the molecule is CC12CCC(C)(C(=Cc3ccccc3)C1=O)C2(C)C.O=C(CC(=O)c1ccccc1)c1ccccc1. The third kappa shape index (κ3) is 4.39. The van der Waals surface area contributed by atoms with Crippen molar-refractivity contribution in [1.82, 2.24) is 0 Å². The molecule has 3 nitrogen and oxygen atoms in total. The quantitative estimate of drug-likeness (QED) is 0.215. The van der Waals surface area contributed by atoms with E-state index in [-0.39, 0.29) is 34.2 Å². The molecule has 0 aliphatic heterocycles. The molecule has 0 N–H and O–H groups in total. The van der Waals surface area contributed by atoms with Crippen molar-refractivity contribution >= 4 is 23.4 Å². The largest absolute Gasteiger partial charge is 0.294 e. The predicted molar refractivity (Wildman–Crippen MR) is 145 cm³/mol. The Hall–Kier alpha value is -3.59. The van der Waals surface area contributed by atoms with Gasteiger partial charge < -0.3 is 0 Å². The van der Waals surface area contributed by atoms with Crippen LogP contribution in [0.4, 0.5) is 0 Å². The lowest BCUT2D eigenvalue weighted by Crippen LogP contribution is -2.34. The van der Waals surface area contributed by atoms with Crippen molar-refractivity contribution in [3.05, 3.63) is 113 Å². The van der Waals surface area contributed by atoms with Gasteiger partial charge in [-0.2, -0.15) is 0 Å². The smallest absolute Gasteiger partial charge is 0.170 e. The maximum atomic E-state index is 12.8. The van der Waals surface area contributed by atoms with Crippen LogP contribution in [0.15, 0.2) is 96.6 Å². The standard InChI is InChI=1S/C18H22O.C15H12O2/c1-16(2)17(3)10-11-18(16,4)15(19)14(17)12-13-8-6-5-7-9-13;16-14(12-7-3-1-4-8-12)11-15(17)13-9-5-2-6-10-13/h5-9,12H,10-11H2,1-4H3;1-10H,11H2. The lowest BCUT2D eigenvalue weighted by molar-refractivity contribution is -0.125. The van der Waals surface area contributed by atoms with Crippen molar-refractivity contribution in [3.63, 3.8) is 0 Å². The molecule has 2 aliphatic rings. The van der Waals surface area contributed by atoms with Crippen LogP contribution in [0, 0.1) is 16.2 Å². The molecular formula is C33H34O3. The summed E-state index contributed by atoms with van der Waals surface area (Å²) < 4.78 is 0. The van der Waals surface area contributed by atoms with Gasteiger partial charge in [0, 0.05) is 27.5 Å². The Morgan fingerprint density at radius 2 is 1.08 bits per heavy atom. The van der Waals surface area contributed by atoms with Gasteiger partial charge in [-0.05, 0) is 29.9 Å². The minimum atomic E-state index is -0.178. The van der Waals surface area contributed by atoms with E-state index in [0.29, 0.717) is 16.9 Å². The molecule has 36 heavy (non-hydrogen) atoms. The first kappa shape index (κ1) is 25.5. The third-order valence-corrected chi connectivity index (χ3v) is 8.85. The molecule has 0 spiro atoms. The molecule has 2 fully saturated rings. The number of allylic oxidation sites excluding steroid dienone is 1. The van der Waals surface area contributed by atoms with Gasteiger partial charge in [-0.1, -0.05) is 119 Å². The van der Waals surface area contributed by atoms with Crippen LogP contribution >= 0.6 is 0 Å². The van der Waals surface area contributed by atoms with Gasteiger partial charge in [-0.15, -0.1) is 0 Å². The fourth-order valence-electron chi connectivity index (χ4n) is 5.69. The van der Waals surface area contributed by atoms with Gasteiger partial charge in [0.2, 0.25) is 0 Å². The van der Waals surface area contributed by atoms with Crippen LogP contribution in [0.25, 0.3) is 6.08 Å². The highest BCUT2D eigenvalue weighted by Gasteiger charge is 2.69. The van der Waals surface area contributed by atoms with Gasteiger partial charge in [0.25, 0.3) is 0 Å². The second-order valence-electron chi connectivity index (χ2n) is 10.8. The van der Waals surface area contributed by atoms with Gasteiger partial charge in [-0.3, -0.25) is 14.4 Å². The summed E-state index contributed by atoms with van der Waals surface area (Å²) in [5, 5.41) is 0. The van der Waals surface area contributed by atoms with Gasteiger partial charge in [0.15, 0.2) is 17.3 Å². The Morgan fingerprint density at radius 3 is 1.50 bits per heavy atom. The Balaban J connectivity index is 0.000000170. The maximum absolute atomic E-state index is 12.8. The third-order valence-electron chi connectivity index (χ3n) is 8.85. The molecule has 2 bridgehead atoms. The Kier molecular flexibility index (Phi) is 6.95. The summed E-state index contributed by atoms with van der Waals surface area (Å²) in [6, 6.07) is 28.0. The van der Waals surface area contributed by atoms with E-state index in [1.54, 1.807) is 48.5 Å². The number of ketones is 3. The summed E-state index contributed by atoms with van der Waals surface area (Å²) in [6.45, 7) is 8.97. The fraction of sp³-hybridized carbons (Fsp3) is 0.303. The first-order valence-corrected chi connectivity index (χ1v) is 12.6. The summed E-state index contributed by atoms with van der Waals surface area (Å²) in [5.74, 6) is 0.0917. The van der Waals surface area contributed by atoms with Gasteiger partial charge >= 0.3 is 0 Å². The summed E-state index contributed by atoms with van der Waals surface area (Å²) in [6.07, 6.45) is 4.20. The van der Waals surface area contributed by atoms with Crippen LogP contribution in [0.5, 0.6) is 0 Å². The van der Waals surface area contributed by atoms with Crippen molar-refractivity contribution < 1.29 is 14.4 Å². The molecule has 0 aromatic heterocycles. The molecule has 0 amide bonds. The van der Waals surface area contributed by atoms with E-state index in [4.69, 9.17) is 0 Å². The zero-order valence-electron chi connectivity index (χ0n) is 21.6. The van der Waals surface area contributed by atoms with E-state index in [9.17, 15) is 14.4 Å². The Morgan fingerprint density at radius 1 is 0.667 bits per heavy atom. The van der Waals surface area contributed by atoms with E-state index in [0.717, 1.165) is 24.0 Å². The molecule has 2 atom stereocenters. The van der Waals surface area contributed by atoms with Gasteiger partial charge in [0.05, 0.1) is 6.42 Å². The number of hydrogen-bond acceptors (Lipinski definition) is 3. The lowest BCUT2D eigenvalue weighted by atomic mass is 9.65. The maximum Gasteiger partial charge on any atom is 0.170 e. The number of benzene rings is 3. The van der Waals surface area contributed by atoms with E-state index < -0.39 is 0 Å². The highest BCUT2D eigenvalue weighted by Crippen LogP contribution is 2.72. The number of carbonyl (C=O) groups excluding carboxylic acids is 3. The number of rotatable bonds is 5. The molecule has 2 aliphatic carbocycles. The topological polar surface area (TPSA) is 51.2 Å². The molecule has 0 radical (unpaired) electrons. The van der Waals surface area contributed by atoms with E-state index in [1.807, 2.05) is 30.3 Å². The molecular weight excluding hydrogens is 444 g/mol. The van der Waals surface area contributed by atoms with Crippen LogP contribution in [-0.4, -0.2) is 17.3 Å². The molecule has 3 aromatic rings. The minimum absolute atomic E-state index is 0.0225. The molecule has 5 rings (SSSR count). The van der Waals surface area contributed by atoms with Crippen LogP contribution in [0.1, 0.15) is 73.2 Å². The van der Waals surface area contributed by atoms with Crippen LogP contribution in [0.2, 0.25) is 0 Å². The number of Topliss-reactive ketones (excluding diaryl/α,β-unsaturated/α-hetero) is 3. The summed E-state index contributed by atoms with van der Waals surface area (Å²) in [7, 11) is 0. The Bertz CT molecular complexity index is 1240. The van der Waals surface area contributed by atoms with Crippen molar-refractivity contribution in [1.29, 1.82) is 0 Å². The van der Waals surface area contributed by atoms with Crippen LogP contribution in [-0.2, 0) is 4.79 Å². The van der Waals surface area contributed by atoms with Gasteiger partial charge in [0.1, 0.15) is 0 Å². The van der Waals surface area contributed by atoms with Gasteiger partial charge in [-0.25, -0.2) is 0 Å². The van der Waals surface area contributed by atoms with Crippen molar-refractivity contribution in [3.8, 4) is 0 Å². The second-order valence-corrected chi connectivity index (χ2v) is 10.8.